The van der Waals surface area contributed by atoms with Gasteiger partial charge in [-0.15, -0.1) is 0 Å². The molecule has 0 aliphatic carbocycles. The van der Waals surface area contributed by atoms with Gasteiger partial charge in [-0.25, -0.2) is 5.43 Å². The predicted octanol–water partition coefficient (Wildman–Crippen LogP) is 3.06. The van der Waals surface area contributed by atoms with Crippen LogP contribution in [-0.4, -0.2) is 27.2 Å². The Kier molecular flexibility index (Phi) is 5.03. The van der Waals surface area contributed by atoms with Crippen LogP contribution >= 0.6 is 0 Å². The topological polar surface area (TPSA) is 50.2 Å². The van der Waals surface area contributed by atoms with E-state index in [2.05, 4.69) is 39.7 Å². The first-order valence-corrected chi connectivity index (χ1v) is 9.35. The Hall–Kier alpha value is -2.92. The third kappa shape index (κ3) is 4.09. The van der Waals surface area contributed by atoms with Gasteiger partial charge in [-0.2, -0.15) is 9.89 Å². The summed E-state index contributed by atoms with van der Waals surface area (Å²) in [4.78, 5) is 16.5. The van der Waals surface area contributed by atoms with Crippen molar-refractivity contribution < 1.29 is 4.79 Å². The summed E-state index contributed by atoms with van der Waals surface area (Å²) in [5.41, 5.74) is 8.73. The Morgan fingerprint density at radius 2 is 1.85 bits per heavy atom. The van der Waals surface area contributed by atoms with Gasteiger partial charge >= 0.3 is 0 Å². The zero-order valence-corrected chi connectivity index (χ0v) is 15.6. The Bertz CT molecular complexity index is 932. The minimum absolute atomic E-state index is 0.0436. The fourth-order valence-corrected chi connectivity index (χ4v) is 3.54. The van der Waals surface area contributed by atoms with Crippen molar-refractivity contribution in [3.8, 4) is 0 Å². The zero-order chi connectivity index (χ0) is 18.6. The summed E-state index contributed by atoms with van der Waals surface area (Å²) in [6.07, 6.45) is 3.25. The molecule has 0 saturated carbocycles. The largest absolute Gasteiger partial charge is 0.293 e. The molecule has 0 spiro atoms. The maximum absolute atomic E-state index is 12.4. The highest BCUT2D eigenvalue weighted by Crippen LogP contribution is 2.22. The van der Waals surface area contributed by atoms with Gasteiger partial charge in [0.1, 0.15) is 0 Å². The molecule has 1 N–H and O–H groups in total. The molecular weight excluding hydrogens is 336 g/mol. The van der Waals surface area contributed by atoms with E-state index in [1.807, 2.05) is 43.5 Å². The number of hydrogen-bond acceptors (Lipinski definition) is 3. The zero-order valence-electron chi connectivity index (χ0n) is 15.6. The van der Waals surface area contributed by atoms with Crippen molar-refractivity contribution in [1.29, 1.82) is 0 Å². The molecule has 27 heavy (non-hydrogen) atoms. The van der Waals surface area contributed by atoms with E-state index in [1.54, 1.807) is 4.79 Å². The van der Waals surface area contributed by atoms with E-state index in [-0.39, 0.29) is 5.91 Å². The number of hydrogen-bond donors (Lipinski definition) is 1. The van der Waals surface area contributed by atoms with Crippen molar-refractivity contribution in [2.24, 2.45) is 0 Å². The number of carbonyl (C=O) groups excluding carboxylic acids is 1. The second-order valence-corrected chi connectivity index (χ2v) is 7.11. The van der Waals surface area contributed by atoms with Crippen LogP contribution in [0.15, 0.2) is 60.8 Å². The molecule has 0 saturated heterocycles. The molecule has 0 bridgehead atoms. The van der Waals surface area contributed by atoms with Gasteiger partial charge in [-0.3, -0.25) is 9.69 Å². The average molecular weight is 360 g/mol. The molecule has 5 heteroatoms. The summed E-state index contributed by atoms with van der Waals surface area (Å²) in [5, 5.41) is 4.35. The Morgan fingerprint density at radius 1 is 1.07 bits per heavy atom. The molecule has 1 aliphatic rings. The van der Waals surface area contributed by atoms with Crippen LogP contribution in [0, 0.1) is 6.92 Å². The quantitative estimate of drug-likeness (QED) is 0.735. The van der Waals surface area contributed by atoms with Crippen LogP contribution in [0.4, 0.5) is 0 Å². The lowest BCUT2D eigenvalue weighted by molar-refractivity contribution is -0.116. The second-order valence-electron chi connectivity index (χ2n) is 7.11. The lowest BCUT2D eigenvalue weighted by Crippen LogP contribution is -2.28. The average Bonchev–Trinajstić information content (AvgIpc) is 3.24. The van der Waals surface area contributed by atoms with Crippen molar-refractivity contribution in [3.05, 3.63) is 88.7 Å². The van der Waals surface area contributed by atoms with E-state index >= 15 is 0 Å². The minimum Gasteiger partial charge on any atom is -0.293 e. The third-order valence-electron chi connectivity index (χ3n) is 5.13. The lowest BCUT2D eigenvalue weighted by atomic mass is 10.1. The molecule has 138 valence electrons. The van der Waals surface area contributed by atoms with E-state index in [1.165, 1.54) is 11.1 Å². The van der Waals surface area contributed by atoms with Crippen LogP contribution in [0.3, 0.4) is 0 Å². The Labute approximate surface area is 159 Å². The van der Waals surface area contributed by atoms with Gasteiger partial charge in [0.05, 0.1) is 18.3 Å². The van der Waals surface area contributed by atoms with Crippen LogP contribution in [0.1, 0.15) is 27.9 Å². The molecular formula is C22H24N4O. The Morgan fingerprint density at radius 3 is 2.67 bits per heavy atom. The maximum atomic E-state index is 12.4. The molecule has 4 rings (SSSR count). The SMILES string of the molecule is Cc1ccccc1CC(=O)Nn1ncc2c1CN(CCc1ccccc1)C2. The van der Waals surface area contributed by atoms with Gasteiger partial charge in [0.25, 0.3) is 0 Å². The third-order valence-corrected chi connectivity index (χ3v) is 5.13. The van der Waals surface area contributed by atoms with Gasteiger partial charge in [0, 0.05) is 25.2 Å². The number of fused-ring (bicyclic) bond motifs is 1. The number of carbonyl (C=O) groups is 1. The molecule has 1 aliphatic heterocycles. The van der Waals surface area contributed by atoms with E-state index in [0.29, 0.717) is 6.42 Å². The summed E-state index contributed by atoms with van der Waals surface area (Å²) in [6, 6.07) is 18.5. The molecule has 5 nitrogen and oxygen atoms in total. The van der Waals surface area contributed by atoms with E-state index < -0.39 is 0 Å². The second kappa shape index (κ2) is 7.76. The number of aromatic nitrogens is 2. The van der Waals surface area contributed by atoms with E-state index in [9.17, 15) is 4.79 Å². The van der Waals surface area contributed by atoms with Crippen LogP contribution < -0.4 is 5.43 Å². The molecule has 0 atom stereocenters. The van der Waals surface area contributed by atoms with Gasteiger partial charge in [-0.05, 0) is 30.0 Å². The molecule has 1 amide bonds. The number of amides is 1. The number of rotatable bonds is 6. The molecule has 2 heterocycles. The first kappa shape index (κ1) is 17.5. The molecule has 0 radical (unpaired) electrons. The smallest absolute Gasteiger partial charge is 0.244 e. The number of benzene rings is 2. The molecule has 0 unspecified atom stereocenters. The van der Waals surface area contributed by atoms with E-state index in [4.69, 9.17) is 0 Å². The van der Waals surface area contributed by atoms with Crippen LogP contribution in [0.5, 0.6) is 0 Å². The van der Waals surface area contributed by atoms with Crippen molar-refractivity contribution in [2.75, 3.05) is 12.0 Å². The first-order valence-electron chi connectivity index (χ1n) is 9.35. The van der Waals surface area contributed by atoms with Crippen molar-refractivity contribution in [1.82, 2.24) is 14.8 Å². The number of aryl methyl sites for hydroxylation is 1. The normalized spacial score (nSPS) is 13.5. The van der Waals surface area contributed by atoms with Gasteiger partial charge < -0.3 is 0 Å². The summed E-state index contributed by atoms with van der Waals surface area (Å²) in [5.74, 6) is -0.0436. The molecule has 0 fully saturated rings. The van der Waals surface area contributed by atoms with E-state index in [0.717, 1.165) is 42.9 Å². The monoisotopic (exact) mass is 360 g/mol. The molecule has 2 aromatic carbocycles. The fourth-order valence-electron chi connectivity index (χ4n) is 3.54. The van der Waals surface area contributed by atoms with Crippen LogP contribution in [-0.2, 0) is 30.7 Å². The van der Waals surface area contributed by atoms with Gasteiger partial charge in [0.2, 0.25) is 5.91 Å². The number of nitrogens with zero attached hydrogens (tertiary/aromatic N) is 3. The number of nitrogens with one attached hydrogen (secondary N) is 1. The predicted molar refractivity (Wildman–Crippen MR) is 106 cm³/mol. The Balaban J connectivity index is 1.35. The van der Waals surface area contributed by atoms with Crippen molar-refractivity contribution in [3.63, 3.8) is 0 Å². The highest BCUT2D eigenvalue weighted by Gasteiger charge is 2.24. The van der Waals surface area contributed by atoms with Crippen molar-refractivity contribution in [2.45, 2.75) is 32.9 Å². The van der Waals surface area contributed by atoms with Crippen molar-refractivity contribution >= 4 is 5.91 Å². The molecule has 1 aromatic heterocycles. The highest BCUT2D eigenvalue weighted by atomic mass is 16.2. The standard InChI is InChI=1S/C22H24N4O/c1-17-7-5-6-10-19(17)13-22(27)24-26-21-16-25(15-20(21)14-23-26)12-11-18-8-3-2-4-9-18/h2-10,14H,11-13,15-16H2,1H3,(H,24,27). The molecule has 3 aromatic rings. The summed E-state index contributed by atoms with van der Waals surface area (Å²) < 4.78 is 0. The summed E-state index contributed by atoms with van der Waals surface area (Å²) >= 11 is 0. The van der Waals surface area contributed by atoms with Gasteiger partial charge in [-0.1, -0.05) is 54.6 Å². The van der Waals surface area contributed by atoms with Gasteiger partial charge in [0.15, 0.2) is 0 Å². The summed E-state index contributed by atoms with van der Waals surface area (Å²) in [6.45, 7) is 4.72. The first-order chi connectivity index (χ1) is 13.2. The lowest BCUT2D eigenvalue weighted by Gasteiger charge is -2.15. The maximum Gasteiger partial charge on any atom is 0.244 e. The minimum atomic E-state index is -0.0436. The van der Waals surface area contributed by atoms with Crippen LogP contribution in [0.25, 0.3) is 0 Å². The fraction of sp³-hybridized carbons (Fsp3) is 0.273. The van der Waals surface area contributed by atoms with Crippen LogP contribution in [0.2, 0.25) is 0 Å². The summed E-state index contributed by atoms with van der Waals surface area (Å²) in [7, 11) is 0. The highest BCUT2D eigenvalue weighted by molar-refractivity contribution is 5.86.